The van der Waals surface area contributed by atoms with Gasteiger partial charge in [-0.15, -0.1) is 6.42 Å². The SMILES string of the molecule is C#CC(CCCCC)OS(=O)(=O)c1ccc(C)cc1. The second-order valence-corrected chi connectivity index (χ2v) is 6.09. The van der Waals surface area contributed by atoms with Crippen LogP contribution in [0.25, 0.3) is 0 Å². The molecule has 0 spiro atoms. The molecule has 0 aromatic heterocycles. The molecule has 4 heteroatoms. The molecule has 0 N–H and O–H groups in total. The normalized spacial score (nSPS) is 12.9. The zero-order chi connectivity index (χ0) is 14.3. The molecule has 0 bridgehead atoms. The molecule has 104 valence electrons. The number of unbranched alkanes of at least 4 members (excludes halogenated alkanes) is 2. The minimum atomic E-state index is -3.77. The van der Waals surface area contributed by atoms with Gasteiger partial charge >= 0.3 is 0 Å². The lowest BCUT2D eigenvalue weighted by Gasteiger charge is -2.12. The Bertz CT molecular complexity index is 524. The van der Waals surface area contributed by atoms with Gasteiger partial charge in [0, 0.05) is 0 Å². The first-order valence-electron chi connectivity index (χ1n) is 6.45. The van der Waals surface area contributed by atoms with Gasteiger partial charge in [0.15, 0.2) is 0 Å². The molecule has 0 aliphatic heterocycles. The van der Waals surface area contributed by atoms with Crippen LogP contribution in [0, 0.1) is 19.3 Å². The maximum absolute atomic E-state index is 12.0. The molecule has 0 radical (unpaired) electrons. The zero-order valence-electron chi connectivity index (χ0n) is 11.4. The van der Waals surface area contributed by atoms with Crippen molar-refractivity contribution in [2.75, 3.05) is 0 Å². The molecule has 1 atom stereocenters. The summed E-state index contributed by atoms with van der Waals surface area (Å²) in [6.45, 7) is 3.97. The van der Waals surface area contributed by atoms with Gasteiger partial charge in [-0.25, -0.2) is 4.18 Å². The van der Waals surface area contributed by atoms with Crippen LogP contribution in [-0.2, 0) is 14.3 Å². The highest BCUT2D eigenvalue weighted by molar-refractivity contribution is 7.86. The van der Waals surface area contributed by atoms with E-state index in [9.17, 15) is 8.42 Å². The highest BCUT2D eigenvalue weighted by Gasteiger charge is 2.20. The van der Waals surface area contributed by atoms with Crippen LogP contribution in [0.4, 0.5) is 0 Å². The Hall–Kier alpha value is -1.31. The van der Waals surface area contributed by atoms with Crippen molar-refractivity contribution in [3.05, 3.63) is 29.8 Å². The summed E-state index contributed by atoms with van der Waals surface area (Å²) in [6.07, 6.45) is 8.15. The lowest BCUT2D eigenvalue weighted by Crippen LogP contribution is -2.17. The zero-order valence-corrected chi connectivity index (χ0v) is 12.2. The van der Waals surface area contributed by atoms with Crippen molar-refractivity contribution in [1.82, 2.24) is 0 Å². The Kier molecular flexibility index (Phi) is 6.07. The summed E-state index contributed by atoms with van der Waals surface area (Å²) in [4.78, 5) is 0.147. The summed E-state index contributed by atoms with van der Waals surface area (Å²) >= 11 is 0. The van der Waals surface area contributed by atoms with E-state index in [1.54, 1.807) is 12.1 Å². The molecule has 1 aromatic rings. The number of benzene rings is 1. The third-order valence-corrected chi connectivity index (χ3v) is 4.14. The quantitative estimate of drug-likeness (QED) is 0.437. The number of hydrogen-bond acceptors (Lipinski definition) is 3. The smallest absolute Gasteiger partial charge is 0.250 e. The molecule has 0 saturated heterocycles. The number of rotatable bonds is 7. The predicted octanol–water partition coefficient (Wildman–Crippen LogP) is 3.28. The van der Waals surface area contributed by atoms with Crippen molar-refractivity contribution in [2.24, 2.45) is 0 Å². The monoisotopic (exact) mass is 280 g/mol. The fourth-order valence-electron chi connectivity index (χ4n) is 1.65. The Labute approximate surface area is 116 Å². The highest BCUT2D eigenvalue weighted by atomic mass is 32.2. The Morgan fingerprint density at radius 1 is 1.26 bits per heavy atom. The van der Waals surface area contributed by atoms with Crippen molar-refractivity contribution >= 4 is 10.1 Å². The maximum atomic E-state index is 12.0. The van der Waals surface area contributed by atoms with Crippen LogP contribution in [0.5, 0.6) is 0 Å². The van der Waals surface area contributed by atoms with E-state index in [0.29, 0.717) is 6.42 Å². The molecule has 3 nitrogen and oxygen atoms in total. The molecule has 1 unspecified atom stereocenters. The van der Waals surface area contributed by atoms with Crippen molar-refractivity contribution < 1.29 is 12.6 Å². The minimum Gasteiger partial charge on any atom is -0.250 e. The summed E-state index contributed by atoms with van der Waals surface area (Å²) in [5.41, 5.74) is 0.996. The number of terminal acetylenes is 1. The topological polar surface area (TPSA) is 43.4 Å². The molecule has 0 amide bonds. The molecule has 0 aliphatic carbocycles. The average Bonchev–Trinajstić information content (AvgIpc) is 2.38. The number of aryl methyl sites for hydroxylation is 1. The highest BCUT2D eigenvalue weighted by Crippen LogP contribution is 2.17. The Balaban J connectivity index is 2.72. The third-order valence-electron chi connectivity index (χ3n) is 2.81. The van der Waals surface area contributed by atoms with Crippen LogP contribution in [0.15, 0.2) is 29.2 Å². The maximum Gasteiger partial charge on any atom is 0.298 e. The molecule has 0 fully saturated rings. The van der Waals surface area contributed by atoms with E-state index in [4.69, 9.17) is 10.6 Å². The van der Waals surface area contributed by atoms with E-state index >= 15 is 0 Å². The van der Waals surface area contributed by atoms with Crippen LogP contribution in [0.1, 0.15) is 38.2 Å². The molecule has 0 saturated carbocycles. The van der Waals surface area contributed by atoms with Gasteiger partial charge in [0.25, 0.3) is 10.1 Å². The lowest BCUT2D eigenvalue weighted by molar-refractivity contribution is 0.249. The summed E-state index contributed by atoms with van der Waals surface area (Å²) < 4.78 is 29.2. The predicted molar refractivity (Wildman–Crippen MR) is 76.2 cm³/mol. The molecule has 1 rings (SSSR count). The van der Waals surface area contributed by atoms with Crippen LogP contribution in [-0.4, -0.2) is 14.5 Å². The summed E-state index contributed by atoms with van der Waals surface area (Å²) in [5, 5.41) is 0. The fraction of sp³-hybridized carbons (Fsp3) is 0.467. The van der Waals surface area contributed by atoms with Crippen LogP contribution in [0.3, 0.4) is 0 Å². The second-order valence-electron chi connectivity index (χ2n) is 4.51. The van der Waals surface area contributed by atoms with Gasteiger partial charge in [-0.1, -0.05) is 43.4 Å². The van der Waals surface area contributed by atoms with E-state index in [-0.39, 0.29) is 4.90 Å². The summed E-state index contributed by atoms with van der Waals surface area (Å²) in [6, 6.07) is 6.53. The molecule has 19 heavy (non-hydrogen) atoms. The number of hydrogen-bond donors (Lipinski definition) is 0. The van der Waals surface area contributed by atoms with E-state index in [1.165, 1.54) is 12.1 Å². The van der Waals surface area contributed by atoms with E-state index < -0.39 is 16.2 Å². The first kappa shape index (κ1) is 15.7. The molecular weight excluding hydrogens is 260 g/mol. The van der Waals surface area contributed by atoms with Gasteiger partial charge in [0.05, 0.1) is 4.90 Å². The van der Waals surface area contributed by atoms with Gasteiger partial charge in [-0.2, -0.15) is 8.42 Å². The first-order valence-corrected chi connectivity index (χ1v) is 7.86. The van der Waals surface area contributed by atoms with Crippen LogP contribution in [0.2, 0.25) is 0 Å². The molecule has 1 aromatic carbocycles. The van der Waals surface area contributed by atoms with E-state index in [0.717, 1.165) is 24.8 Å². The summed E-state index contributed by atoms with van der Waals surface area (Å²) in [5.74, 6) is 2.40. The second kappa shape index (κ2) is 7.32. The first-order chi connectivity index (χ1) is 8.99. The minimum absolute atomic E-state index is 0.147. The van der Waals surface area contributed by atoms with Crippen molar-refractivity contribution in [3.8, 4) is 12.3 Å². The standard InChI is InChI=1S/C15H20O3S/c1-4-6-7-8-14(5-2)18-19(16,17)15-11-9-13(3)10-12-15/h2,9-12,14H,4,6-8H2,1,3H3. The Morgan fingerprint density at radius 3 is 2.42 bits per heavy atom. The third kappa shape index (κ3) is 5.06. The molecular formula is C15H20O3S. The molecule has 0 heterocycles. The fourth-order valence-corrected chi connectivity index (χ4v) is 2.69. The van der Waals surface area contributed by atoms with Gasteiger partial charge in [-0.3, -0.25) is 0 Å². The van der Waals surface area contributed by atoms with Crippen molar-refractivity contribution in [3.63, 3.8) is 0 Å². The molecule has 0 aliphatic rings. The van der Waals surface area contributed by atoms with Crippen molar-refractivity contribution in [2.45, 2.75) is 50.5 Å². The van der Waals surface area contributed by atoms with Gasteiger partial charge in [-0.05, 0) is 31.9 Å². The van der Waals surface area contributed by atoms with Crippen molar-refractivity contribution in [1.29, 1.82) is 0 Å². The van der Waals surface area contributed by atoms with Gasteiger partial charge in [0.1, 0.15) is 6.10 Å². The largest absolute Gasteiger partial charge is 0.298 e. The van der Waals surface area contributed by atoms with Gasteiger partial charge < -0.3 is 0 Å². The summed E-state index contributed by atoms with van der Waals surface area (Å²) in [7, 11) is -3.77. The van der Waals surface area contributed by atoms with Gasteiger partial charge in [0.2, 0.25) is 0 Å². The Morgan fingerprint density at radius 2 is 1.89 bits per heavy atom. The van der Waals surface area contributed by atoms with Crippen LogP contribution >= 0.6 is 0 Å². The van der Waals surface area contributed by atoms with E-state index in [1.807, 2.05) is 6.92 Å². The average molecular weight is 280 g/mol. The lowest BCUT2D eigenvalue weighted by atomic mass is 10.1. The van der Waals surface area contributed by atoms with Crippen LogP contribution < -0.4 is 0 Å². The van der Waals surface area contributed by atoms with E-state index in [2.05, 4.69) is 12.8 Å².